The normalized spacial score (nSPS) is 10.1. The number of hydrogen-bond acceptors (Lipinski definition) is 5. The first-order valence-corrected chi connectivity index (χ1v) is 6.25. The SMILES string of the molecule is CCc1nnc(NC(=O)Nc2cccc(N)c2)s1. The quantitative estimate of drug-likeness (QED) is 0.741. The van der Waals surface area contributed by atoms with Crippen molar-refractivity contribution in [3.8, 4) is 0 Å². The van der Waals surface area contributed by atoms with E-state index in [1.807, 2.05) is 6.92 Å². The zero-order valence-corrected chi connectivity index (χ0v) is 10.6. The zero-order valence-electron chi connectivity index (χ0n) is 9.80. The monoisotopic (exact) mass is 263 g/mol. The molecular formula is C11H13N5OS. The number of aryl methyl sites for hydroxylation is 1. The van der Waals surface area contributed by atoms with E-state index < -0.39 is 0 Å². The Kier molecular flexibility index (Phi) is 3.73. The maximum Gasteiger partial charge on any atom is 0.325 e. The topological polar surface area (TPSA) is 92.9 Å². The molecule has 0 aliphatic rings. The Labute approximate surface area is 108 Å². The lowest BCUT2D eigenvalue weighted by atomic mass is 10.3. The van der Waals surface area contributed by atoms with Gasteiger partial charge >= 0.3 is 6.03 Å². The van der Waals surface area contributed by atoms with Crippen LogP contribution in [-0.4, -0.2) is 16.2 Å². The second-order valence-corrected chi connectivity index (χ2v) is 4.62. The van der Waals surface area contributed by atoms with Crippen LogP contribution in [0.15, 0.2) is 24.3 Å². The summed E-state index contributed by atoms with van der Waals surface area (Å²) >= 11 is 1.36. The van der Waals surface area contributed by atoms with Crippen molar-refractivity contribution in [1.82, 2.24) is 10.2 Å². The van der Waals surface area contributed by atoms with Crippen LogP contribution in [0.2, 0.25) is 0 Å². The summed E-state index contributed by atoms with van der Waals surface area (Å²) in [5, 5.41) is 14.4. The van der Waals surface area contributed by atoms with Crippen LogP contribution in [-0.2, 0) is 6.42 Å². The molecule has 94 valence electrons. The lowest BCUT2D eigenvalue weighted by Gasteiger charge is -2.05. The summed E-state index contributed by atoms with van der Waals surface area (Å²) in [5.41, 5.74) is 6.84. The Morgan fingerprint density at radius 3 is 2.89 bits per heavy atom. The van der Waals surface area contributed by atoms with E-state index in [2.05, 4.69) is 20.8 Å². The van der Waals surface area contributed by atoms with Crippen LogP contribution < -0.4 is 16.4 Å². The first-order valence-electron chi connectivity index (χ1n) is 5.43. The first kappa shape index (κ1) is 12.3. The van der Waals surface area contributed by atoms with Crippen LogP contribution in [0.3, 0.4) is 0 Å². The molecule has 1 aromatic carbocycles. The average Bonchev–Trinajstić information content (AvgIpc) is 2.76. The number of carbonyl (C=O) groups excluding carboxylic acids is 1. The van der Waals surface area contributed by atoms with Crippen LogP contribution in [0.5, 0.6) is 0 Å². The highest BCUT2D eigenvalue weighted by Crippen LogP contribution is 2.16. The van der Waals surface area contributed by atoms with Crippen LogP contribution in [0.4, 0.5) is 21.3 Å². The zero-order chi connectivity index (χ0) is 13.0. The molecule has 0 bridgehead atoms. The van der Waals surface area contributed by atoms with Gasteiger partial charge in [0.05, 0.1) is 0 Å². The van der Waals surface area contributed by atoms with Gasteiger partial charge in [-0.15, -0.1) is 10.2 Å². The number of nitrogens with two attached hydrogens (primary N) is 1. The van der Waals surface area contributed by atoms with Gasteiger partial charge in [0.2, 0.25) is 5.13 Å². The Morgan fingerprint density at radius 2 is 2.22 bits per heavy atom. The summed E-state index contributed by atoms with van der Waals surface area (Å²) < 4.78 is 0. The summed E-state index contributed by atoms with van der Waals surface area (Å²) in [5.74, 6) is 0. The van der Waals surface area contributed by atoms with Crippen molar-refractivity contribution in [3.63, 3.8) is 0 Å². The Hall–Kier alpha value is -2.15. The smallest absolute Gasteiger partial charge is 0.325 e. The van der Waals surface area contributed by atoms with Crippen LogP contribution in [0.1, 0.15) is 11.9 Å². The summed E-state index contributed by atoms with van der Waals surface area (Å²) in [4.78, 5) is 11.7. The summed E-state index contributed by atoms with van der Waals surface area (Å²) in [6, 6.07) is 6.59. The minimum atomic E-state index is -0.362. The van der Waals surface area contributed by atoms with E-state index in [4.69, 9.17) is 5.73 Å². The lowest BCUT2D eigenvalue weighted by Crippen LogP contribution is -2.19. The molecule has 0 saturated heterocycles. The van der Waals surface area contributed by atoms with Gasteiger partial charge in [-0.3, -0.25) is 5.32 Å². The number of amides is 2. The maximum atomic E-state index is 11.7. The van der Waals surface area contributed by atoms with Crippen LogP contribution in [0.25, 0.3) is 0 Å². The van der Waals surface area contributed by atoms with Crippen molar-refractivity contribution < 1.29 is 4.79 Å². The molecule has 6 nitrogen and oxygen atoms in total. The van der Waals surface area contributed by atoms with Crippen molar-refractivity contribution in [3.05, 3.63) is 29.3 Å². The molecule has 2 aromatic rings. The van der Waals surface area contributed by atoms with E-state index in [1.165, 1.54) is 11.3 Å². The molecule has 0 aliphatic carbocycles. The second kappa shape index (κ2) is 5.46. The molecule has 0 spiro atoms. The predicted octanol–water partition coefficient (Wildman–Crippen LogP) is 2.33. The summed E-state index contributed by atoms with van der Waals surface area (Å²) in [6.45, 7) is 1.98. The number of anilines is 3. The fraction of sp³-hybridized carbons (Fsp3) is 0.182. The molecule has 18 heavy (non-hydrogen) atoms. The molecule has 2 rings (SSSR count). The van der Waals surface area contributed by atoms with Crippen LogP contribution >= 0.6 is 11.3 Å². The molecule has 0 unspecified atom stereocenters. The van der Waals surface area contributed by atoms with Gasteiger partial charge in [-0.1, -0.05) is 24.3 Å². The van der Waals surface area contributed by atoms with Gasteiger partial charge in [-0.05, 0) is 24.6 Å². The van der Waals surface area contributed by atoms with Crippen molar-refractivity contribution in [2.24, 2.45) is 0 Å². The Morgan fingerprint density at radius 1 is 1.39 bits per heavy atom. The summed E-state index contributed by atoms with van der Waals surface area (Å²) in [6.07, 6.45) is 0.802. The number of nitrogens with one attached hydrogen (secondary N) is 2. The molecule has 0 saturated carbocycles. The third-order valence-electron chi connectivity index (χ3n) is 2.13. The molecular weight excluding hydrogens is 250 g/mol. The highest BCUT2D eigenvalue weighted by atomic mass is 32.1. The van der Waals surface area contributed by atoms with Crippen molar-refractivity contribution >= 4 is 33.9 Å². The molecule has 7 heteroatoms. The third-order valence-corrected chi connectivity index (χ3v) is 3.12. The number of carbonyl (C=O) groups is 1. The largest absolute Gasteiger partial charge is 0.399 e. The van der Waals surface area contributed by atoms with Gasteiger partial charge in [-0.2, -0.15) is 0 Å². The van der Waals surface area contributed by atoms with E-state index in [9.17, 15) is 4.79 Å². The first-order chi connectivity index (χ1) is 8.67. The average molecular weight is 263 g/mol. The minimum Gasteiger partial charge on any atom is -0.399 e. The number of rotatable bonds is 3. The number of aromatic nitrogens is 2. The van der Waals surface area contributed by atoms with Crippen molar-refractivity contribution in [1.29, 1.82) is 0 Å². The number of hydrogen-bond donors (Lipinski definition) is 3. The number of benzene rings is 1. The minimum absolute atomic E-state index is 0.362. The standard InChI is InChI=1S/C11H13N5OS/c1-2-9-15-16-11(18-9)14-10(17)13-8-5-3-4-7(12)6-8/h3-6H,2,12H2,1H3,(H2,13,14,16,17). The van der Waals surface area contributed by atoms with Gasteiger partial charge in [0.15, 0.2) is 0 Å². The van der Waals surface area contributed by atoms with Gasteiger partial charge in [0.1, 0.15) is 5.01 Å². The van der Waals surface area contributed by atoms with Crippen LogP contribution in [0, 0.1) is 0 Å². The second-order valence-electron chi connectivity index (χ2n) is 3.56. The van der Waals surface area contributed by atoms with E-state index >= 15 is 0 Å². The fourth-order valence-electron chi connectivity index (χ4n) is 1.32. The van der Waals surface area contributed by atoms with Gasteiger partial charge in [0, 0.05) is 11.4 Å². The third kappa shape index (κ3) is 3.17. The Bertz CT molecular complexity index is 554. The highest BCUT2D eigenvalue weighted by Gasteiger charge is 2.07. The van der Waals surface area contributed by atoms with Crippen molar-refractivity contribution in [2.45, 2.75) is 13.3 Å². The number of nitrogen functional groups attached to an aromatic ring is 1. The molecule has 4 N–H and O–H groups in total. The predicted molar refractivity (Wildman–Crippen MR) is 72.8 cm³/mol. The van der Waals surface area contributed by atoms with Gasteiger partial charge in [-0.25, -0.2) is 4.79 Å². The van der Waals surface area contributed by atoms with Gasteiger partial charge in [0.25, 0.3) is 0 Å². The maximum absolute atomic E-state index is 11.7. The number of nitrogens with zero attached hydrogens (tertiary/aromatic N) is 2. The van der Waals surface area contributed by atoms with E-state index in [1.54, 1.807) is 24.3 Å². The van der Waals surface area contributed by atoms with Crippen molar-refractivity contribution in [2.75, 3.05) is 16.4 Å². The summed E-state index contributed by atoms with van der Waals surface area (Å²) in [7, 11) is 0. The van der Waals surface area contributed by atoms with E-state index in [0.29, 0.717) is 16.5 Å². The lowest BCUT2D eigenvalue weighted by molar-refractivity contribution is 0.262. The molecule has 0 fully saturated rings. The molecule has 1 aromatic heterocycles. The van der Waals surface area contributed by atoms with Gasteiger partial charge < -0.3 is 11.1 Å². The Balaban J connectivity index is 1.96. The molecule has 0 radical (unpaired) electrons. The highest BCUT2D eigenvalue weighted by molar-refractivity contribution is 7.15. The molecule has 0 aliphatic heterocycles. The fourth-order valence-corrected chi connectivity index (χ4v) is 2.00. The molecule has 0 atom stereocenters. The van der Waals surface area contributed by atoms with E-state index in [0.717, 1.165) is 11.4 Å². The van der Waals surface area contributed by atoms with E-state index in [-0.39, 0.29) is 6.03 Å². The molecule has 2 amide bonds. The molecule has 1 heterocycles. The number of urea groups is 1.